The molecule has 0 saturated heterocycles. The highest BCUT2D eigenvalue weighted by molar-refractivity contribution is 5.90. The van der Waals surface area contributed by atoms with Crippen molar-refractivity contribution in [3.05, 3.63) is 54.1 Å². The molecule has 0 fully saturated rings. The monoisotopic (exact) mass is 508 g/mol. The lowest BCUT2D eigenvalue weighted by Crippen LogP contribution is -2.15. The van der Waals surface area contributed by atoms with Gasteiger partial charge in [-0.15, -0.1) is 0 Å². The molecule has 0 heterocycles. The van der Waals surface area contributed by atoms with E-state index in [2.05, 4.69) is 13.8 Å². The Morgan fingerprint density at radius 3 is 1.70 bits per heavy atom. The van der Waals surface area contributed by atoms with E-state index < -0.39 is 0 Å². The Bertz CT molecular complexity index is 886. The highest BCUT2D eigenvalue weighted by Gasteiger charge is 2.12. The zero-order chi connectivity index (χ0) is 26.7. The molecule has 0 radical (unpaired) electrons. The van der Waals surface area contributed by atoms with Crippen molar-refractivity contribution in [2.45, 2.75) is 123 Å². The van der Waals surface area contributed by atoms with Gasteiger partial charge in [-0.3, -0.25) is 4.79 Å². The number of benzene rings is 2. The van der Waals surface area contributed by atoms with Gasteiger partial charge in [0.15, 0.2) is 0 Å². The summed E-state index contributed by atoms with van der Waals surface area (Å²) in [5.41, 5.74) is 2.56. The van der Waals surface area contributed by atoms with E-state index in [-0.39, 0.29) is 18.0 Å². The largest absolute Gasteiger partial charge is 0.459 e. The SMILES string of the molecule is CCCCCCCCCCCC(=O)Oc1ccc(-c2ccc(C(=O)OC(C)CCCCCC)cc2)cc1. The third-order valence-corrected chi connectivity index (χ3v) is 6.80. The summed E-state index contributed by atoms with van der Waals surface area (Å²) in [6, 6.07) is 15.0. The van der Waals surface area contributed by atoms with Crippen LogP contribution in [-0.2, 0) is 9.53 Å². The second-order valence-corrected chi connectivity index (χ2v) is 10.2. The molecular formula is C33H48O4. The van der Waals surface area contributed by atoms with E-state index in [1.807, 2.05) is 43.3 Å². The molecule has 204 valence electrons. The Labute approximate surface area is 225 Å². The van der Waals surface area contributed by atoms with E-state index in [4.69, 9.17) is 9.47 Å². The van der Waals surface area contributed by atoms with Gasteiger partial charge in [-0.2, -0.15) is 0 Å². The predicted molar refractivity (Wildman–Crippen MR) is 153 cm³/mol. The van der Waals surface area contributed by atoms with Gasteiger partial charge in [-0.05, 0) is 61.6 Å². The molecule has 4 nitrogen and oxygen atoms in total. The first-order valence-electron chi connectivity index (χ1n) is 14.7. The molecule has 1 atom stereocenters. The lowest BCUT2D eigenvalue weighted by Gasteiger charge is -2.13. The summed E-state index contributed by atoms with van der Waals surface area (Å²) in [6.45, 7) is 6.39. The molecule has 0 amide bonds. The van der Waals surface area contributed by atoms with Gasteiger partial charge >= 0.3 is 11.9 Å². The quantitative estimate of drug-likeness (QED) is 0.108. The Balaban J connectivity index is 1.70. The van der Waals surface area contributed by atoms with Crippen LogP contribution in [0.25, 0.3) is 11.1 Å². The standard InChI is InChI=1S/C33H48O4/c1-4-6-8-10-11-12-13-14-16-18-32(34)37-31-25-23-29(24-26-31)28-19-21-30(22-20-28)33(35)36-27(3)17-15-9-7-5-2/h19-27H,4-18H2,1-3H3. The summed E-state index contributed by atoms with van der Waals surface area (Å²) in [6.07, 6.45) is 17.1. The minimum atomic E-state index is -0.274. The van der Waals surface area contributed by atoms with E-state index in [9.17, 15) is 9.59 Å². The van der Waals surface area contributed by atoms with Gasteiger partial charge in [-0.1, -0.05) is 109 Å². The summed E-state index contributed by atoms with van der Waals surface area (Å²) < 4.78 is 11.1. The van der Waals surface area contributed by atoms with Crippen LogP contribution in [0.5, 0.6) is 5.75 Å². The van der Waals surface area contributed by atoms with E-state index in [1.54, 1.807) is 12.1 Å². The number of carbonyl (C=O) groups is 2. The molecule has 4 heteroatoms. The lowest BCUT2D eigenvalue weighted by molar-refractivity contribution is -0.134. The van der Waals surface area contributed by atoms with Gasteiger partial charge in [0.25, 0.3) is 0 Å². The summed E-state index contributed by atoms with van der Waals surface area (Å²) >= 11 is 0. The fraction of sp³-hybridized carbons (Fsp3) is 0.576. The van der Waals surface area contributed by atoms with Crippen molar-refractivity contribution >= 4 is 11.9 Å². The molecule has 0 aliphatic carbocycles. The van der Waals surface area contributed by atoms with Crippen molar-refractivity contribution in [3.63, 3.8) is 0 Å². The van der Waals surface area contributed by atoms with Crippen LogP contribution in [0.4, 0.5) is 0 Å². The average molecular weight is 509 g/mol. The number of unbranched alkanes of at least 4 members (excludes halogenated alkanes) is 11. The highest BCUT2D eigenvalue weighted by atomic mass is 16.5. The lowest BCUT2D eigenvalue weighted by atomic mass is 10.0. The molecule has 0 bridgehead atoms. The van der Waals surface area contributed by atoms with Crippen LogP contribution in [0.15, 0.2) is 48.5 Å². The Kier molecular flexibility index (Phi) is 15.4. The Hall–Kier alpha value is -2.62. The zero-order valence-electron chi connectivity index (χ0n) is 23.4. The van der Waals surface area contributed by atoms with Gasteiger partial charge in [0.2, 0.25) is 0 Å². The number of carbonyl (C=O) groups excluding carboxylic acids is 2. The normalized spacial score (nSPS) is 11.8. The fourth-order valence-electron chi connectivity index (χ4n) is 4.44. The minimum absolute atomic E-state index is 0.0698. The van der Waals surface area contributed by atoms with Crippen LogP contribution < -0.4 is 4.74 Å². The minimum Gasteiger partial charge on any atom is -0.459 e. The van der Waals surface area contributed by atoms with Crippen LogP contribution in [0.2, 0.25) is 0 Å². The molecule has 37 heavy (non-hydrogen) atoms. The molecule has 0 aliphatic heterocycles. The second kappa shape index (κ2) is 18.6. The Morgan fingerprint density at radius 1 is 0.649 bits per heavy atom. The number of ether oxygens (including phenoxy) is 2. The van der Waals surface area contributed by atoms with Crippen molar-refractivity contribution in [1.82, 2.24) is 0 Å². The van der Waals surface area contributed by atoms with E-state index >= 15 is 0 Å². The summed E-state index contributed by atoms with van der Waals surface area (Å²) in [4.78, 5) is 24.6. The summed E-state index contributed by atoms with van der Waals surface area (Å²) in [5.74, 6) is 0.125. The van der Waals surface area contributed by atoms with Crippen LogP contribution in [0, 0.1) is 0 Å². The number of hydrogen-bond donors (Lipinski definition) is 0. The second-order valence-electron chi connectivity index (χ2n) is 10.2. The fourth-order valence-corrected chi connectivity index (χ4v) is 4.44. The molecule has 0 spiro atoms. The maximum atomic E-state index is 12.4. The highest BCUT2D eigenvalue weighted by Crippen LogP contribution is 2.24. The van der Waals surface area contributed by atoms with Crippen molar-refractivity contribution in [2.75, 3.05) is 0 Å². The molecule has 0 N–H and O–H groups in total. The molecule has 0 saturated carbocycles. The number of hydrogen-bond acceptors (Lipinski definition) is 4. The molecular weight excluding hydrogens is 460 g/mol. The van der Waals surface area contributed by atoms with Crippen molar-refractivity contribution in [2.24, 2.45) is 0 Å². The molecule has 1 unspecified atom stereocenters. The third-order valence-electron chi connectivity index (χ3n) is 6.80. The van der Waals surface area contributed by atoms with E-state index in [0.717, 1.165) is 36.8 Å². The van der Waals surface area contributed by atoms with Gasteiger partial charge in [0.1, 0.15) is 5.75 Å². The van der Waals surface area contributed by atoms with Crippen molar-refractivity contribution < 1.29 is 19.1 Å². The topological polar surface area (TPSA) is 52.6 Å². The summed E-state index contributed by atoms with van der Waals surface area (Å²) in [5, 5.41) is 0. The Morgan fingerprint density at radius 2 is 1.14 bits per heavy atom. The van der Waals surface area contributed by atoms with Gasteiger partial charge < -0.3 is 9.47 Å². The van der Waals surface area contributed by atoms with Gasteiger partial charge in [0.05, 0.1) is 11.7 Å². The van der Waals surface area contributed by atoms with Gasteiger partial charge in [-0.25, -0.2) is 4.79 Å². The molecule has 0 aromatic heterocycles. The molecule has 2 aromatic carbocycles. The van der Waals surface area contributed by atoms with Crippen LogP contribution in [0.3, 0.4) is 0 Å². The van der Waals surface area contributed by atoms with Crippen molar-refractivity contribution in [3.8, 4) is 16.9 Å². The van der Waals surface area contributed by atoms with Crippen molar-refractivity contribution in [1.29, 1.82) is 0 Å². The smallest absolute Gasteiger partial charge is 0.338 e. The van der Waals surface area contributed by atoms with Crippen LogP contribution in [0.1, 0.15) is 127 Å². The maximum absolute atomic E-state index is 12.4. The van der Waals surface area contributed by atoms with Crippen LogP contribution in [-0.4, -0.2) is 18.0 Å². The first kappa shape index (κ1) is 30.6. The molecule has 2 aromatic rings. The number of rotatable bonds is 19. The summed E-state index contributed by atoms with van der Waals surface area (Å²) in [7, 11) is 0. The third kappa shape index (κ3) is 13.0. The first-order chi connectivity index (χ1) is 18.0. The predicted octanol–water partition coefficient (Wildman–Crippen LogP) is 9.70. The first-order valence-corrected chi connectivity index (χ1v) is 14.7. The van der Waals surface area contributed by atoms with E-state index in [0.29, 0.717) is 17.7 Å². The molecule has 0 aliphatic rings. The number of esters is 2. The average Bonchev–Trinajstić information content (AvgIpc) is 2.90. The van der Waals surface area contributed by atoms with E-state index in [1.165, 1.54) is 64.2 Å². The maximum Gasteiger partial charge on any atom is 0.338 e. The van der Waals surface area contributed by atoms with Gasteiger partial charge in [0, 0.05) is 6.42 Å². The van der Waals surface area contributed by atoms with Crippen LogP contribution >= 0.6 is 0 Å². The molecule has 2 rings (SSSR count). The zero-order valence-corrected chi connectivity index (χ0v) is 23.4.